The van der Waals surface area contributed by atoms with Gasteiger partial charge in [0, 0.05) is 24.8 Å². The number of aryl methyl sites for hydroxylation is 2. The number of aromatic nitrogens is 2. The molecule has 0 bridgehead atoms. The van der Waals surface area contributed by atoms with Gasteiger partial charge in [-0.15, -0.1) is 0 Å². The number of anilines is 1. The fourth-order valence-corrected chi connectivity index (χ4v) is 3.14. The highest BCUT2D eigenvalue weighted by atomic mass is 16.6. The van der Waals surface area contributed by atoms with Gasteiger partial charge in [0.05, 0.1) is 4.92 Å². The number of hydrogen-bond donors (Lipinski definition) is 2. The molecule has 2 N–H and O–H groups in total. The molecule has 25 heavy (non-hydrogen) atoms. The molecule has 0 saturated carbocycles. The van der Waals surface area contributed by atoms with E-state index in [4.69, 9.17) is 0 Å². The quantitative estimate of drug-likeness (QED) is 0.656. The highest BCUT2D eigenvalue weighted by Gasteiger charge is 2.32. The predicted octanol–water partition coefficient (Wildman–Crippen LogP) is 2.65. The Morgan fingerprint density at radius 2 is 2.08 bits per heavy atom. The van der Waals surface area contributed by atoms with E-state index in [1.165, 1.54) is 5.56 Å². The number of nitrogens with one attached hydrogen (secondary N) is 2. The number of piperidine rings is 1. The smallest absolute Gasteiger partial charge is 0.322 e. The maximum absolute atomic E-state index is 12.6. The third-order valence-corrected chi connectivity index (χ3v) is 4.47. The van der Waals surface area contributed by atoms with E-state index in [1.807, 2.05) is 25.1 Å². The molecular weight excluding hydrogens is 322 g/mol. The topological polar surface area (TPSA) is 104 Å². The summed E-state index contributed by atoms with van der Waals surface area (Å²) in [6, 6.07) is 8.45. The van der Waals surface area contributed by atoms with Gasteiger partial charge in [-0.25, -0.2) is 0 Å². The summed E-state index contributed by atoms with van der Waals surface area (Å²) in [5.41, 5.74) is 2.23. The first kappa shape index (κ1) is 16.9. The Labute approximate surface area is 145 Å². The van der Waals surface area contributed by atoms with Gasteiger partial charge in [-0.3, -0.25) is 20.0 Å². The van der Waals surface area contributed by atoms with E-state index in [2.05, 4.69) is 21.6 Å². The van der Waals surface area contributed by atoms with Crippen molar-refractivity contribution in [2.75, 3.05) is 18.4 Å². The normalized spacial score (nSPS) is 15.2. The largest absolute Gasteiger partial charge is 0.382 e. The standard InChI is InChI=1S/C17H21N5O3/c1-11-4-3-5-14(10-11)18-13-6-8-21(9-7-13)17(23)15-16(22(24)25)12(2)19-20-15/h3-5,10,13,18H,6-9H2,1-2H3,(H,19,20). The van der Waals surface area contributed by atoms with Gasteiger partial charge < -0.3 is 10.2 Å². The monoisotopic (exact) mass is 343 g/mol. The molecule has 0 atom stereocenters. The molecule has 2 heterocycles. The van der Waals surface area contributed by atoms with Crippen molar-refractivity contribution in [3.63, 3.8) is 0 Å². The van der Waals surface area contributed by atoms with Gasteiger partial charge in [-0.2, -0.15) is 5.10 Å². The van der Waals surface area contributed by atoms with E-state index < -0.39 is 4.92 Å². The molecule has 8 nitrogen and oxygen atoms in total. The number of amides is 1. The van der Waals surface area contributed by atoms with Crippen molar-refractivity contribution < 1.29 is 9.72 Å². The Bertz CT molecular complexity index is 793. The van der Waals surface area contributed by atoms with Crippen LogP contribution < -0.4 is 5.32 Å². The molecular formula is C17H21N5O3. The van der Waals surface area contributed by atoms with Gasteiger partial charge in [-0.05, 0) is 44.4 Å². The Balaban J connectivity index is 1.62. The summed E-state index contributed by atoms with van der Waals surface area (Å²) in [6.45, 7) is 4.68. The number of hydrogen-bond acceptors (Lipinski definition) is 5. The SMILES string of the molecule is Cc1cccc(NC2CCN(C(=O)c3n[nH]c(C)c3[N+](=O)[O-])CC2)c1. The molecule has 1 fully saturated rings. The van der Waals surface area contributed by atoms with E-state index in [0.717, 1.165) is 18.5 Å². The van der Waals surface area contributed by atoms with Crippen LogP contribution in [-0.4, -0.2) is 45.1 Å². The molecule has 0 spiro atoms. The average molecular weight is 343 g/mol. The van der Waals surface area contributed by atoms with Crippen LogP contribution in [0.5, 0.6) is 0 Å². The molecule has 0 radical (unpaired) electrons. The fraction of sp³-hybridized carbons (Fsp3) is 0.412. The highest BCUT2D eigenvalue weighted by molar-refractivity contribution is 5.96. The number of likely N-dealkylation sites (tertiary alicyclic amines) is 1. The first-order valence-electron chi connectivity index (χ1n) is 8.27. The van der Waals surface area contributed by atoms with Crippen LogP contribution in [-0.2, 0) is 0 Å². The molecule has 1 aromatic carbocycles. The van der Waals surface area contributed by atoms with Crippen molar-refractivity contribution in [3.8, 4) is 0 Å². The Morgan fingerprint density at radius 3 is 2.72 bits per heavy atom. The maximum atomic E-state index is 12.6. The van der Waals surface area contributed by atoms with Gasteiger partial charge in [-0.1, -0.05) is 12.1 Å². The minimum atomic E-state index is -0.557. The Kier molecular flexibility index (Phi) is 4.69. The predicted molar refractivity (Wildman–Crippen MR) is 93.7 cm³/mol. The summed E-state index contributed by atoms with van der Waals surface area (Å²) in [7, 11) is 0. The number of nitro groups is 1. The molecule has 3 rings (SSSR count). The van der Waals surface area contributed by atoms with Crippen molar-refractivity contribution >= 4 is 17.3 Å². The van der Waals surface area contributed by atoms with Crippen molar-refractivity contribution in [2.45, 2.75) is 32.7 Å². The van der Waals surface area contributed by atoms with Crippen LogP contribution in [0.2, 0.25) is 0 Å². The minimum absolute atomic E-state index is 0.104. The van der Waals surface area contributed by atoms with Crippen LogP contribution in [0.3, 0.4) is 0 Å². The van der Waals surface area contributed by atoms with Gasteiger partial charge in [0.25, 0.3) is 5.91 Å². The lowest BCUT2D eigenvalue weighted by atomic mass is 10.0. The highest BCUT2D eigenvalue weighted by Crippen LogP contribution is 2.24. The molecule has 132 valence electrons. The second kappa shape index (κ2) is 6.92. The number of rotatable bonds is 4. The zero-order valence-corrected chi connectivity index (χ0v) is 14.3. The molecule has 0 unspecified atom stereocenters. The molecule has 8 heteroatoms. The molecule has 1 saturated heterocycles. The zero-order valence-electron chi connectivity index (χ0n) is 14.3. The lowest BCUT2D eigenvalue weighted by Crippen LogP contribution is -2.42. The second-order valence-electron chi connectivity index (χ2n) is 6.38. The molecule has 1 amide bonds. The Hall–Kier alpha value is -2.90. The summed E-state index contributed by atoms with van der Waals surface area (Å²) < 4.78 is 0. The number of carbonyl (C=O) groups is 1. The summed E-state index contributed by atoms with van der Waals surface area (Å²) in [6.07, 6.45) is 1.58. The van der Waals surface area contributed by atoms with Crippen molar-refractivity contribution in [2.24, 2.45) is 0 Å². The third kappa shape index (κ3) is 3.62. The number of aromatic amines is 1. The minimum Gasteiger partial charge on any atom is -0.382 e. The molecule has 1 aliphatic heterocycles. The average Bonchev–Trinajstić information content (AvgIpc) is 2.97. The zero-order chi connectivity index (χ0) is 18.0. The lowest BCUT2D eigenvalue weighted by Gasteiger charge is -2.32. The first-order valence-corrected chi connectivity index (χ1v) is 8.27. The van der Waals surface area contributed by atoms with Crippen LogP contribution in [0.15, 0.2) is 24.3 Å². The molecule has 2 aromatic rings. The number of carbonyl (C=O) groups excluding carboxylic acids is 1. The number of benzene rings is 1. The van der Waals surface area contributed by atoms with E-state index in [0.29, 0.717) is 18.8 Å². The van der Waals surface area contributed by atoms with Crippen molar-refractivity contribution in [3.05, 3.63) is 51.3 Å². The van der Waals surface area contributed by atoms with Gasteiger partial charge in [0.2, 0.25) is 5.69 Å². The maximum Gasteiger partial charge on any atom is 0.322 e. The van der Waals surface area contributed by atoms with E-state index in [-0.39, 0.29) is 23.3 Å². The summed E-state index contributed by atoms with van der Waals surface area (Å²) in [5, 5.41) is 21.0. The van der Waals surface area contributed by atoms with Crippen LogP contribution >= 0.6 is 0 Å². The van der Waals surface area contributed by atoms with Crippen LogP contribution in [0.25, 0.3) is 0 Å². The van der Waals surface area contributed by atoms with Gasteiger partial charge >= 0.3 is 5.69 Å². The summed E-state index contributed by atoms with van der Waals surface area (Å²) in [5.74, 6) is -0.384. The van der Waals surface area contributed by atoms with Crippen LogP contribution in [0, 0.1) is 24.0 Å². The number of nitrogens with zero attached hydrogens (tertiary/aromatic N) is 3. The second-order valence-corrected chi connectivity index (χ2v) is 6.38. The van der Waals surface area contributed by atoms with E-state index >= 15 is 0 Å². The van der Waals surface area contributed by atoms with Gasteiger partial charge in [0.15, 0.2) is 0 Å². The van der Waals surface area contributed by atoms with E-state index in [1.54, 1.807) is 11.8 Å². The summed E-state index contributed by atoms with van der Waals surface area (Å²) >= 11 is 0. The summed E-state index contributed by atoms with van der Waals surface area (Å²) in [4.78, 5) is 24.8. The first-order chi connectivity index (χ1) is 12.0. The molecule has 0 aliphatic carbocycles. The molecule has 1 aromatic heterocycles. The van der Waals surface area contributed by atoms with Crippen LogP contribution in [0.4, 0.5) is 11.4 Å². The van der Waals surface area contributed by atoms with Crippen LogP contribution in [0.1, 0.15) is 34.6 Å². The Morgan fingerprint density at radius 1 is 1.36 bits per heavy atom. The molecule has 1 aliphatic rings. The third-order valence-electron chi connectivity index (χ3n) is 4.47. The van der Waals surface area contributed by atoms with Crippen molar-refractivity contribution in [1.82, 2.24) is 15.1 Å². The van der Waals surface area contributed by atoms with Gasteiger partial charge in [0.1, 0.15) is 5.69 Å². The fourth-order valence-electron chi connectivity index (χ4n) is 3.14. The van der Waals surface area contributed by atoms with Crippen molar-refractivity contribution in [1.29, 1.82) is 0 Å². The lowest BCUT2D eigenvalue weighted by molar-refractivity contribution is -0.385. The number of H-pyrrole nitrogens is 1. The van der Waals surface area contributed by atoms with E-state index in [9.17, 15) is 14.9 Å².